The molecule has 1 aliphatic rings. The van der Waals surface area contributed by atoms with E-state index in [2.05, 4.69) is 34.9 Å². The summed E-state index contributed by atoms with van der Waals surface area (Å²) in [4.78, 5) is 0. The lowest BCUT2D eigenvalue weighted by Crippen LogP contribution is -2.27. The molecule has 4 rings (SSSR count). The predicted molar refractivity (Wildman–Crippen MR) is 99.6 cm³/mol. The average molecular weight is 336 g/mol. The first kappa shape index (κ1) is 14.8. The number of benzene rings is 3. The van der Waals surface area contributed by atoms with Crippen LogP contribution in [0.1, 0.15) is 5.56 Å². The van der Waals surface area contributed by atoms with E-state index in [1.165, 1.54) is 10.8 Å². The van der Waals surface area contributed by atoms with Crippen LogP contribution in [0.2, 0.25) is 0 Å². The zero-order valence-electron chi connectivity index (χ0n) is 12.9. The number of rotatable bonds is 3. The van der Waals surface area contributed by atoms with Crippen LogP contribution in [0.3, 0.4) is 0 Å². The molecular weight excluding hydrogens is 320 g/mol. The van der Waals surface area contributed by atoms with E-state index in [0.29, 0.717) is 11.7 Å². The van der Waals surface area contributed by atoms with Crippen molar-refractivity contribution in [3.63, 3.8) is 0 Å². The van der Waals surface area contributed by atoms with Crippen LogP contribution in [0, 0.1) is 0 Å². The molecule has 0 fully saturated rings. The van der Waals surface area contributed by atoms with Crippen molar-refractivity contribution >= 4 is 33.8 Å². The Hall–Kier alpha value is -2.79. The van der Waals surface area contributed by atoms with Crippen molar-refractivity contribution in [3.05, 3.63) is 66.2 Å². The lowest BCUT2D eigenvalue weighted by molar-refractivity contribution is 0.174. The normalized spacial score (nSPS) is 12.2. The van der Waals surface area contributed by atoms with Crippen molar-refractivity contribution in [2.24, 2.45) is 0 Å². The van der Waals surface area contributed by atoms with Gasteiger partial charge in [-0.25, -0.2) is 0 Å². The third-order valence-corrected chi connectivity index (χ3v) is 4.14. The number of thiocarbonyl (C=S) groups is 1. The highest BCUT2D eigenvalue weighted by Crippen LogP contribution is 2.32. The molecule has 0 atom stereocenters. The maximum atomic E-state index is 5.38. The summed E-state index contributed by atoms with van der Waals surface area (Å²) < 4.78 is 10.7. The Morgan fingerprint density at radius 3 is 2.67 bits per heavy atom. The van der Waals surface area contributed by atoms with E-state index in [4.69, 9.17) is 21.7 Å². The molecule has 3 aromatic carbocycles. The van der Waals surface area contributed by atoms with Gasteiger partial charge < -0.3 is 20.1 Å². The van der Waals surface area contributed by atoms with Crippen molar-refractivity contribution in [2.75, 3.05) is 12.1 Å². The molecule has 120 valence electrons. The van der Waals surface area contributed by atoms with Gasteiger partial charge in [-0.3, -0.25) is 0 Å². The molecule has 2 N–H and O–H groups in total. The summed E-state index contributed by atoms with van der Waals surface area (Å²) in [5, 5.41) is 9.41. The summed E-state index contributed by atoms with van der Waals surface area (Å²) in [6.45, 7) is 0.907. The van der Waals surface area contributed by atoms with Crippen LogP contribution in [0.5, 0.6) is 11.5 Å². The molecule has 0 saturated heterocycles. The molecule has 5 heteroatoms. The van der Waals surface area contributed by atoms with Gasteiger partial charge in [-0.1, -0.05) is 36.4 Å². The third kappa shape index (κ3) is 3.12. The highest BCUT2D eigenvalue weighted by atomic mass is 32.1. The minimum atomic E-state index is 0.286. The van der Waals surface area contributed by atoms with Gasteiger partial charge in [0, 0.05) is 12.2 Å². The Bertz CT molecular complexity index is 911. The Labute approximate surface area is 145 Å². The van der Waals surface area contributed by atoms with E-state index in [-0.39, 0.29) is 6.79 Å². The van der Waals surface area contributed by atoms with Crippen LogP contribution in [-0.2, 0) is 6.54 Å². The molecular formula is C19H16N2O2S. The van der Waals surface area contributed by atoms with Crippen molar-refractivity contribution < 1.29 is 9.47 Å². The van der Waals surface area contributed by atoms with E-state index in [9.17, 15) is 0 Å². The van der Waals surface area contributed by atoms with Crippen molar-refractivity contribution in [1.82, 2.24) is 5.32 Å². The standard InChI is InChI=1S/C19H16N2O2S/c24-19(20-11-13-5-8-17-18(9-13)23-12-22-17)21-16-7-6-14-3-1-2-4-15(14)10-16/h1-10H,11-12H2,(H2,20,21,24). The van der Waals surface area contributed by atoms with Gasteiger partial charge in [-0.15, -0.1) is 0 Å². The summed E-state index contributed by atoms with van der Waals surface area (Å²) >= 11 is 5.38. The molecule has 0 aliphatic carbocycles. The van der Waals surface area contributed by atoms with Crippen LogP contribution in [-0.4, -0.2) is 11.9 Å². The first-order chi connectivity index (χ1) is 11.8. The topological polar surface area (TPSA) is 42.5 Å². The van der Waals surface area contributed by atoms with E-state index in [1.54, 1.807) is 0 Å². The largest absolute Gasteiger partial charge is 0.454 e. The van der Waals surface area contributed by atoms with Crippen LogP contribution < -0.4 is 20.1 Å². The summed E-state index contributed by atoms with van der Waals surface area (Å²) in [5.41, 5.74) is 2.05. The van der Waals surface area contributed by atoms with Gasteiger partial charge in [0.1, 0.15) is 0 Å². The molecule has 0 unspecified atom stereocenters. The van der Waals surface area contributed by atoms with Crippen LogP contribution >= 0.6 is 12.2 Å². The lowest BCUT2D eigenvalue weighted by atomic mass is 10.1. The fourth-order valence-electron chi connectivity index (χ4n) is 2.68. The Balaban J connectivity index is 1.39. The molecule has 0 radical (unpaired) electrons. The Kier molecular flexibility index (Phi) is 3.92. The van der Waals surface area contributed by atoms with E-state index in [0.717, 1.165) is 22.7 Å². The Morgan fingerprint density at radius 2 is 1.75 bits per heavy atom. The first-order valence-corrected chi connectivity index (χ1v) is 8.11. The van der Waals surface area contributed by atoms with Gasteiger partial charge in [0.25, 0.3) is 0 Å². The molecule has 0 amide bonds. The van der Waals surface area contributed by atoms with Gasteiger partial charge in [0.15, 0.2) is 16.6 Å². The van der Waals surface area contributed by atoms with Crippen LogP contribution in [0.25, 0.3) is 10.8 Å². The van der Waals surface area contributed by atoms with Gasteiger partial charge in [-0.05, 0) is 52.8 Å². The fraction of sp³-hybridized carbons (Fsp3) is 0.105. The van der Waals surface area contributed by atoms with Gasteiger partial charge in [0.05, 0.1) is 0 Å². The summed E-state index contributed by atoms with van der Waals surface area (Å²) in [6, 6.07) is 20.3. The average Bonchev–Trinajstić information content (AvgIpc) is 3.07. The molecule has 1 aliphatic heterocycles. The van der Waals surface area contributed by atoms with E-state index < -0.39 is 0 Å². The van der Waals surface area contributed by atoms with Crippen molar-refractivity contribution in [3.8, 4) is 11.5 Å². The maximum absolute atomic E-state index is 5.38. The molecule has 0 spiro atoms. The molecule has 1 heterocycles. The fourth-order valence-corrected chi connectivity index (χ4v) is 2.87. The van der Waals surface area contributed by atoms with E-state index >= 15 is 0 Å². The minimum absolute atomic E-state index is 0.286. The molecule has 4 nitrogen and oxygen atoms in total. The number of hydrogen-bond donors (Lipinski definition) is 2. The third-order valence-electron chi connectivity index (χ3n) is 3.90. The van der Waals surface area contributed by atoms with Crippen LogP contribution in [0.15, 0.2) is 60.7 Å². The van der Waals surface area contributed by atoms with Gasteiger partial charge >= 0.3 is 0 Å². The van der Waals surface area contributed by atoms with E-state index in [1.807, 2.05) is 36.4 Å². The molecule has 3 aromatic rings. The second-order valence-electron chi connectivity index (χ2n) is 5.56. The van der Waals surface area contributed by atoms with Crippen molar-refractivity contribution in [2.45, 2.75) is 6.54 Å². The maximum Gasteiger partial charge on any atom is 0.231 e. The minimum Gasteiger partial charge on any atom is -0.454 e. The van der Waals surface area contributed by atoms with Gasteiger partial charge in [-0.2, -0.15) is 0 Å². The summed E-state index contributed by atoms with van der Waals surface area (Å²) in [6.07, 6.45) is 0. The zero-order chi connectivity index (χ0) is 16.4. The molecule has 24 heavy (non-hydrogen) atoms. The summed E-state index contributed by atoms with van der Waals surface area (Å²) in [5.74, 6) is 1.57. The zero-order valence-corrected chi connectivity index (χ0v) is 13.7. The van der Waals surface area contributed by atoms with Crippen molar-refractivity contribution in [1.29, 1.82) is 0 Å². The SMILES string of the molecule is S=C(NCc1ccc2c(c1)OCO2)Nc1ccc2ccccc2c1. The lowest BCUT2D eigenvalue weighted by Gasteiger charge is -2.11. The monoisotopic (exact) mass is 336 g/mol. The number of ether oxygens (including phenoxy) is 2. The van der Waals surface area contributed by atoms with Crippen LogP contribution in [0.4, 0.5) is 5.69 Å². The number of anilines is 1. The summed E-state index contributed by atoms with van der Waals surface area (Å²) in [7, 11) is 0. The highest BCUT2D eigenvalue weighted by Gasteiger charge is 2.13. The second kappa shape index (κ2) is 6.37. The number of fused-ring (bicyclic) bond motifs is 2. The molecule has 0 saturated carbocycles. The van der Waals surface area contributed by atoms with Gasteiger partial charge in [0.2, 0.25) is 6.79 Å². The molecule has 0 aromatic heterocycles. The number of nitrogens with one attached hydrogen (secondary N) is 2. The quantitative estimate of drug-likeness (QED) is 0.706. The first-order valence-electron chi connectivity index (χ1n) is 7.70. The Morgan fingerprint density at radius 1 is 0.917 bits per heavy atom. The molecule has 0 bridgehead atoms. The predicted octanol–water partition coefficient (Wildman–Crippen LogP) is 4.06. The number of hydrogen-bond acceptors (Lipinski definition) is 3. The smallest absolute Gasteiger partial charge is 0.231 e. The highest BCUT2D eigenvalue weighted by molar-refractivity contribution is 7.80. The second-order valence-corrected chi connectivity index (χ2v) is 5.97.